The van der Waals surface area contributed by atoms with Crippen molar-refractivity contribution in [3.8, 4) is 0 Å². The van der Waals surface area contributed by atoms with Gasteiger partial charge in [-0.2, -0.15) is 0 Å². The summed E-state index contributed by atoms with van der Waals surface area (Å²) in [5, 5.41) is 2.19. The smallest absolute Gasteiger partial charge is 0.309 e. The molecule has 4 rings (SSSR count). The minimum atomic E-state index is -0.979. The summed E-state index contributed by atoms with van der Waals surface area (Å²) in [7, 11) is 0. The highest BCUT2D eigenvalue weighted by molar-refractivity contribution is 6.23. The quantitative estimate of drug-likeness (QED) is 0.560. The summed E-state index contributed by atoms with van der Waals surface area (Å²) in [6.07, 6.45) is 1.49. The first kappa shape index (κ1) is 22.0. The molecule has 3 aliphatic heterocycles. The lowest BCUT2D eigenvalue weighted by molar-refractivity contribution is -0.160. The van der Waals surface area contributed by atoms with Gasteiger partial charge >= 0.3 is 5.97 Å². The SMILES string of the molecule is CC(C)(C)OC(=O)C1CCN(c2ccc3c(c2)C(=O)N(C2CCC(=O)NC2=O)C3=O)CC1. The summed E-state index contributed by atoms with van der Waals surface area (Å²) >= 11 is 0. The fourth-order valence-corrected chi connectivity index (χ4v) is 4.41. The normalized spacial score (nSPS) is 22.2. The van der Waals surface area contributed by atoms with E-state index >= 15 is 0 Å². The van der Waals surface area contributed by atoms with E-state index in [4.69, 9.17) is 4.74 Å². The molecule has 9 nitrogen and oxygen atoms in total. The van der Waals surface area contributed by atoms with Crippen LogP contribution in [-0.2, 0) is 19.1 Å². The van der Waals surface area contributed by atoms with E-state index in [9.17, 15) is 24.0 Å². The number of rotatable bonds is 3. The topological polar surface area (TPSA) is 113 Å². The number of nitrogens with one attached hydrogen (secondary N) is 1. The van der Waals surface area contributed by atoms with Gasteiger partial charge in [0, 0.05) is 25.2 Å². The van der Waals surface area contributed by atoms with E-state index in [-0.39, 0.29) is 35.9 Å². The van der Waals surface area contributed by atoms with Crippen LogP contribution < -0.4 is 10.2 Å². The first-order chi connectivity index (χ1) is 15.0. The maximum absolute atomic E-state index is 13.0. The molecule has 1 N–H and O–H groups in total. The Morgan fingerprint density at radius 3 is 2.28 bits per heavy atom. The van der Waals surface area contributed by atoms with Crippen LogP contribution in [0.4, 0.5) is 5.69 Å². The van der Waals surface area contributed by atoms with Crippen LogP contribution in [0.3, 0.4) is 0 Å². The number of hydrogen-bond donors (Lipinski definition) is 1. The van der Waals surface area contributed by atoms with Crippen molar-refractivity contribution in [3.05, 3.63) is 29.3 Å². The number of nitrogens with zero attached hydrogens (tertiary/aromatic N) is 2. The first-order valence-corrected chi connectivity index (χ1v) is 10.9. The van der Waals surface area contributed by atoms with Gasteiger partial charge in [-0.3, -0.25) is 34.2 Å². The Labute approximate surface area is 186 Å². The molecule has 2 saturated heterocycles. The molecule has 0 radical (unpaired) electrons. The molecule has 1 aromatic rings. The molecule has 1 unspecified atom stereocenters. The van der Waals surface area contributed by atoms with E-state index in [2.05, 4.69) is 10.2 Å². The van der Waals surface area contributed by atoms with Crippen molar-refractivity contribution in [1.29, 1.82) is 0 Å². The second-order valence-corrected chi connectivity index (χ2v) is 9.47. The lowest BCUT2D eigenvalue weighted by Crippen LogP contribution is -2.54. The van der Waals surface area contributed by atoms with E-state index in [0.29, 0.717) is 25.9 Å². The average Bonchev–Trinajstić information content (AvgIpc) is 2.97. The molecule has 9 heteroatoms. The number of carbonyl (C=O) groups is 5. The van der Waals surface area contributed by atoms with Crippen LogP contribution in [0.25, 0.3) is 0 Å². The molecule has 3 heterocycles. The third-order valence-corrected chi connectivity index (χ3v) is 6.02. The van der Waals surface area contributed by atoms with Crippen LogP contribution in [0, 0.1) is 5.92 Å². The Morgan fingerprint density at radius 1 is 1.00 bits per heavy atom. The number of carbonyl (C=O) groups excluding carboxylic acids is 5. The Hall–Kier alpha value is -3.23. The maximum Gasteiger partial charge on any atom is 0.309 e. The van der Waals surface area contributed by atoms with Crippen molar-refractivity contribution in [2.24, 2.45) is 5.92 Å². The van der Waals surface area contributed by atoms with Gasteiger partial charge in [0.2, 0.25) is 11.8 Å². The molecular formula is C23H27N3O6. The summed E-state index contributed by atoms with van der Waals surface area (Å²) < 4.78 is 5.49. The lowest BCUT2D eigenvalue weighted by atomic mass is 9.96. The van der Waals surface area contributed by atoms with E-state index < -0.39 is 35.3 Å². The number of anilines is 1. The van der Waals surface area contributed by atoms with Crippen LogP contribution in [0.2, 0.25) is 0 Å². The van der Waals surface area contributed by atoms with E-state index in [1.807, 2.05) is 20.8 Å². The Kier molecular flexibility index (Phi) is 5.52. The van der Waals surface area contributed by atoms with Crippen LogP contribution >= 0.6 is 0 Å². The van der Waals surface area contributed by atoms with Crippen molar-refractivity contribution in [1.82, 2.24) is 10.2 Å². The molecule has 2 fully saturated rings. The van der Waals surface area contributed by atoms with Crippen molar-refractivity contribution in [3.63, 3.8) is 0 Å². The molecule has 0 saturated carbocycles. The first-order valence-electron chi connectivity index (χ1n) is 10.9. The molecule has 4 amide bonds. The third kappa shape index (κ3) is 4.11. The van der Waals surface area contributed by atoms with Gasteiger partial charge in [-0.05, 0) is 58.2 Å². The summed E-state index contributed by atoms with van der Waals surface area (Å²) in [4.78, 5) is 64.8. The van der Waals surface area contributed by atoms with Gasteiger partial charge in [-0.1, -0.05) is 0 Å². The molecule has 0 bridgehead atoms. The van der Waals surface area contributed by atoms with Crippen molar-refractivity contribution >= 4 is 35.3 Å². The van der Waals surface area contributed by atoms with E-state index in [1.54, 1.807) is 18.2 Å². The van der Waals surface area contributed by atoms with Crippen LogP contribution in [-0.4, -0.2) is 59.2 Å². The largest absolute Gasteiger partial charge is 0.460 e. The fraction of sp³-hybridized carbons (Fsp3) is 0.522. The molecule has 32 heavy (non-hydrogen) atoms. The molecule has 0 aromatic heterocycles. The number of esters is 1. The maximum atomic E-state index is 13.0. The van der Waals surface area contributed by atoms with Crippen molar-refractivity contribution in [2.45, 2.75) is 58.1 Å². The molecule has 170 valence electrons. The number of imide groups is 2. The zero-order valence-electron chi connectivity index (χ0n) is 18.5. The van der Waals surface area contributed by atoms with E-state index in [1.165, 1.54) is 0 Å². The van der Waals surface area contributed by atoms with Crippen LogP contribution in [0.15, 0.2) is 18.2 Å². The van der Waals surface area contributed by atoms with Crippen LogP contribution in [0.5, 0.6) is 0 Å². The fourth-order valence-electron chi connectivity index (χ4n) is 4.41. The second-order valence-electron chi connectivity index (χ2n) is 9.47. The summed E-state index contributed by atoms with van der Waals surface area (Å²) in [6.45, 7) is 6.80. The van der Waals surface area contributed by atoms with Gasteiger partial charge in [-0.25, -0.2) is 0 Å². The summed E-state index contributed by atoms with van der Waals surface area (Å²) in [6, 6.07) is 4.09. The van der Waals surface area contributed by atoms with E-state index in [0.717, 1.165) is 10.6 Å². The standard InChI is InChI=1S/C23H27N3O6/c1-23(2,3)32-22(31)13-8-10-25(11-9-13)14-4-5-15-16(12-14)21(30)26(20(15)29)17-6-7-18(27)24-19(17)28/h4-5,12-13,17H,6-11H2,1-3H3,(H,24,27,28). The van der Waals surface area contributed by atoms with Gasteiger partial charge in [0.15, 0.2) is 0 Å². The monoisotopic (exact) mass is 441 g/mol. The highest BCUT2D eigenvalue weighted by atomic mass is 16.6. The number of hydrogen-bond acceptors (Lipinski definition) is 7. The summed E-state index contributed by atoms with van der Waals surface area (Å²) in [5.74, 6) is -2.42. The predicted octanol–water partition coefficient (Wildman–Crippen LogP) is 1.65. The zero-order valence-corrected chi connectivity index (χ0v) is 18.5. The molecule has 3 aliphatic rings. The second kappa shape index (κ2) is 8.03. The predicted molar refractivity (Wildman–Crippen MR) is 114 cm³/mol. The minimum Gasteiger partial charge on any atom is -0.460 e. The van der Waals surface area contributed by atoms with Gasteiger partial charge in [0.1, 0.15) is 11.6 Å². The van der Waals surface area contributed by atoms with Crippen LogP contribution in [0.1, 0.15) is 67.2 Å². The van der Waals surface area contributed by atoms with Crippen molar-refractivity contribution < 1.29 is 28.7 Å². The lowest BCUT2D eigenvalue weighted by Gasteiger charge is -2.34. The molecule has 1 aromatic carbocycles. The van der Waals surface area contributed by atoms with Crippen molar-refractivity contribution in [2.75, 3.05) is 18.0 Å². The minimum absolute atomic E-state index is 0.0850. The Balaban J connectivity index is 1.46. The number of benzene rings is 1. The number of fused-ring (bicyclic) bond motifs is 1. The number of amides is 4. The van der Waals surface area contributed by atoms with Gasteiger partial charge < -0.3 is 9.64 Å². The Morgan fingerprint density at radius 2 is 1.66 bits per heavy atom. The average molecular weight is 441 g/mol. The molecular weight excluding hydrogens is 414 g/mol. The molecule has 0 aliphatic carbocycles. The highest BCUT2D eigenvalue weighted by Gasteiger charge is 2.44. The number of ether oxygens (including phenoxy) is 1. The Bertz CT molecular complexity index is 1000. The third-order valence-electron chi connectivity index (χ3n) is 6.02. The zero-order chi connectivity index (χ0) is 23.2. The number of piperidine rings is 2. The van der Waals surface area contributed by atoms with Gasteiger partial charge in [-0.15, -0.1) is 0 Å². The molecule has 0 spiro atoms. The van der Waals surface area contributed by atoms with Gasteiger partial charge in [0.05, 0.1) is 17.0 Å². The summed E-state index contributed by atoms with van der Waals surface area (Å²) in [5.41, 5.74) is 0.784. The highest BCUT2D eigenvalue weighted by Crippen LogP contribution is 2.32. The van der Waals surface area contributed by atoms with Gasteiger partial charge in [0.25, 0.3) is 11.8 Å². The molecule has 1 atom stereocenters.